The van der Waals surface area contributed by atoms with Crippen molar-refractivity contribution in [2.24, 2.45) is 0 Å². The van der Waals surface area contributed by atoms with Gasteiger partial charge < -0.3 is 19.5 Å². The number of carbonyl (C=O) groups is 1. The number of thiocarbonyl (C=S) groups is 1. The molecule has 1 amide bonds. The Morgan fingerprint density at radius 2 is 1.79 bits per heavy atom. The summed E-state index contributed by atoms with van der Waals surface area (Å²) >= 11 is 12.3. The molecule has 8 heteroatoms. The Hall–Kier alpha value is -2.06. The van der Waals surface area contributed by atoms with Crippen LogP contribution in [0.15, 0.2) is 47.4 Å². The lowest BCUT2D eigenvalue weighted by molar-refractivity contribution is -0.115. The van der Waals surface area contributed by atoms with Crippen LogP contribution in [0, 0.1) is 6.92 Å². The number of benzene rings is 2. The summed E-state index contributed by atoms with van der Waals surface area (Å²) in [6.07, 6.45) is 1.72. The van der Waals surface area contributed by atoms with Gasteiger partial charge in [0.15, 0.2) is 0 Å². The highest BCUT2D eigenvalue weighted by Gasteiger charge is 2.22. The van der Waals surface area contributed by atoms with E-state index >= 15 is 0 Å². The maximum Gasteiger partial charge on any atom is 0.263 e. The van der Waals surface area contributed by atoms with Crippen LogP contribution in [-0.4, -0.2) is 36.7 Å². The van der Waals surface area contributed by atoms with E-state index in [0.29, 0.717) is 52.0 Å². The summed E-state index contributed by atoms with van der Waals surface area (Å²) in [4.78, 5) is 12.4. The third kappa shape index (κ3) is 6.47. The molecule has 152 valence electrons. The summed E-state index contributed by atoms with van der Waals surface area (Å²) in [6, 6.07) is 13.1. The average Bonchev–Trinajstić information content (AvgIpc) is 3.00. The smallest absolute Gasteiger partial charge is 0.263 e. The lowest BCUT2D eigenvalue weighted by atomic mass is 10.2. The Bertz CT molecular complexity index is 933. The molecule has 29 heavy (non-hydrogen) atoms. The first-order valence-electron chi connectivity index (χ1n) is 8.96. The molecular weight excluding hydrogens is 430 g/mol. The van der Waals surface area contributed by atoms with Crippen LogP contribution in [0.2, 0.25) is 5.02 Å². The molecule has 0 saturated carbocycles. The number of amides is 1. The van der Waals surface area contributed by atoms with Crippen molar-refractivity contribution in [2.45, 2.75) is 6.92 Å². The van der Waals surface area contributed by atoms with E-state index in [0.717, 1.165) is 11.3 Å². The van der Waals surface area contributed by atoms with Crippen molar-refractivity contribution in [1.82, 2.24) is 5.32 Å². The number of carbonyl (C=O) groups excluding carboxylic acids is 1. The van der Waals surface area contributed by atoms with Crippen molar-refractivity contribution in [3.8, 4) is 11.5 Å². The molecule has 3 rings (SSSR count). The van der Waals surface area contributed by atoms with Gasteiger partial charge >= 0.3 is 0 Å². The number of halogens is 1. The highest BCUT2D eigenvalue weighted by Crippen LogP contribution is 2.31. The van der Waals surface area contributed by atoms with Crippen LogP contribution in [-0.2, 0) is 9.53 Å². The van der Waals surface area contributed by atoms with E-state index in [9.17, 15) is 4.79 Å². The largest absolute Gasteiger partial charge is 0.491 e. The second kappa shape index (κ2) is 10.6. The van der Waals surface area contributed by atoms with Crippen molar-refractivity contribution < 1.29 is 19.0 Å². The molecule has 0 aliphatic carbocycles. The number of hydrogen-bond donors (Lipinski definition) is 1. The summed E-state index contributed by atoms with van der Waals surface area (Å²) in [5, 5.41) is 3.15. The van der Waals surface area contributed by atoms with Crippen LogP contribution in [0.3, 0.4) is 0 Å². The number of aryl methyl sites for hydroxylation is 1. The molecule has 1 aliphatic rings. The van der Waals surface area contributed by atoms with Gasteiger partial charge in [0, 0.05) is 10.6 Å². The maximum atomic E-state index is 11.9. The fourth-order valence-electron chi connectivity index (χ4n) is 2.57. The van der Waals surface area contributed by atoms with Crippen LogP contribution in [0.25, 0.3) is 6.08 Å². The molecule has 2 aromatic rings. The maximum absolute atomic E-state index is 11.9. The second-order valence-electron chi connectivity index (χ2n) is 6.11. The predicted octanol–water partition coefficient (Wildman–Crippen LogP) is 4.61. The van der Waals surface area contributed by atoms with E-state index in [4.69, 9.17) is 38.0 Å². The first kappa shape index (κ1) is 21.6. The van der Waals surface area contributed by atoms with Gasteiger partial charge in [0.25, 0.3) is 5.91 Å². The van der Waals surface area contributed by atoms with Crippen LogP contribution in [0.1, 0.15) is 11.1 Å². The Morgan fingerprint density at radius 1 is 1.07 bits per heavy atom. The standard InChI is InChI=1S/C21H20ClNO4S2/c1-14-4-2-3-5-17(14)26-10-8-25-9-11-27-18-7-6-16(22)12-15(18)13-19-20(24)23-21(28)29-19/h2-7,12-13H,8-11H2,1H3,(H,23,24,28). The first-order chi connectivity index (χ1) is 14.0. The van der Waals surface area contributed by atoms with Crippen LogP contribution in [0.4, 0.5) is 0 Å². The van der Waals surface area contributed by atoms with Crippen molar-refractivity contribution in [1.29, 1.82) is 0 Å². The molecule has 5 nitrogen and oxygen atoms in total. The number of nitrogens with one attached hydrogen (secondary N) is 1. The Balaban J connectivity index is 1.46. The van der Waals surface area contributed by atoms with Gasteiger partial charge in [0.05, 0.1) is 18.1 Å². The van der Waals surface area contributed by atoms with Crippen molar-refractivity contribution in [3.63, 3.8) is 0 Å². The molecule has 1 fully saturated rings. The molecule has 0 aromatic heterocycles. The van der Waals surface area contributed by atoms with E-state index in [1.54, 1.807) is 24.3 Å². The molecule has 1 aliphatic heterocycles. The van der Waals surface area contributed by atoms with E-state index in [1.807, 2.05) is 31.2 Å². The third-order valence-electron chi connectivity index (χ3n) is 3.96. The predicted molar refractivity (Wildman–Crippen MR) is 121 cm³/mol. The normalized spacial score (nSPS) is 14.9. The Morgan fingerprint density at radius 3 is 2.48 bits per heavy atom. The number of thioether (sulfide) groups is 1. The van der Waals surface area contributed by atoms with Crippen LogP contribution >= 0.6 is 35.6 Å². The van der Waals surface area contributed by atoms with E-state index in [-0.39, 0.29) is 5.91 Å². The molecular formula is C21H20ClNO4S2. The SMILES string of the molecule is Cc1ccccc1OCCOCCOc1ccc(Cl)cc1C=C1SC(=S)NC1=O. The summed E-state index contributed by atoms with van der Waals surface area (Å²) in [5.74, 6) is 1.26. The lowest BCUT2D eigenvalue weighted by Crippen LogP contribution is -2.17. The van der Waals surface area contributed by atoms with Gasteiger partial charge in [-0.3, -0.25) is 4.79 Å². The molecule has 0 unspecified atom stereocenters. The van der Waals surface area contributed by atoms with Crippen LogP contribution in [0.5, 0.6) is 11.5 Å². The fourth-order valence-corrected chi connectivity index (χ4v) is 3.78. The van der Waals surface area contributed by atoms with Gasteiger partial charge in [0.1, 0.15) is 29.0 Å². The molecule has 1 saturated heterocycles. The van der Waals surface area contributed by atoms with Gasteiger partial charge in [-0.1, -0.05) is 53.8 Å². The number of hydrogen-bond acceptors (Lipinski definition) is 6. The van der Waals surface area contributed by atoms with Gasteiger partial charge in [0.2, 0.25) is 0 Å². The summed E-state index contributed by atoms with van der Waals surface area (Å²) in [6.45, 7) is 3.71. The Kier molecular flexibility index (Phi) is 7.94. The molecule has 2 aromatic carbocycles. The summed E-state index contributed by atoms with van der Waals surface area (Å²) < 4.78 is 17.5. The van der Waals surface area contributed by atoms with Crippen molar-refractivity contribution >= 4 is 51.9 Å². The van der Waals surface area contributed by atoms with Gasteiger partial charge in [-0.05, 0) is 42.8 Å². The third-order valence-corrected chi connectivity index (χ3v) is 5.36. The minimum atomic E-state index is -0.220. The summed E-state index contributed by atoms with van der Waals surface area (Å²) in [5.41, 5.74) is 1.80. The fraction of sp³-hybridized carbons (Fsp3) is 0.238. The molecule has 0 atom stereocenters. The van der Waals surface area contributed by atoms with Crippen molar-refractivity contribution in [2.75, 3.05) is 26.4 Å². The molecule has 0 bridgehead atoms. The average molecular weight is 450 g/mol. The molecule has 0 radical (unpaired) electrons. The topological polar surface area (TPSA) is 56.8 Å². The quantitative estimate of drug-likeness (QED) is 0.342. The second-order valence-corrected chi connectivity index (χ2v) is 8.26. The van der Waals surface area contributed by atoms with Crippen molar-refractivity contribution in [3.05, 3.63) is 63.5 Å². The van der Waals surface area contributed by atoms with E-state index in [1.165, 1.54) is 11.8 Å². The highest BCUT2D eigenvalue weighted by atomic mass is 35.5. The number of rotatable bonds is 9. The van der Waals surface area contributed by atoms with E-state index < -0.39 is 0 Å². The zero-order chi connectivity index (χ0) is 20.6. The zero-order valence-corrected chi connectivity index (χ0v) is 18.2. The van der Waals surface area contributed by atoms with E-state index in [2.05, 4.69) is 5.32 Å². The minimum Gasteiger partial charge on any atom is -0.491 e. The minimum absolute atomic E-state index is 0.220. The Labute approximate surface area is 184 Å². The first-order valence-corrected chi connectivity index (χ1v) is 10.6. The number of para-hydroxylation sites is 1. The van der Waals surface area contributed by atoms with Crippen LogP contribution < -0.4 is 14.8 Å². The lowest BCUT2D eigenvalue weighted by Gasteiger charge is -2.11. The van der Waals surface area contributed by atoms with Gasteiger partial charge in [-0.2, -0.15) is 0 Å². The highest BCUT2D eigenvalue weighted by molar-refractivity contribution is 8.26. The molecule has 1 heterocycles. The van der Waals surface area contributed by atoms with Gasteiger partial charge in [-0.15, -0.1) is 0 Å². The monoisotopic (exact) mass is 449 g/mol. The molecule has 1 N–H and O–H groups in total. The number of ether oxygens (including phenoxy) is 3. The zero-order valence-electron chi connectivity index (χ0n) is 15.8. The molecule has 0 spiro atoms. The van der Waals surface area contributed by atoms with Gasteiger partial charge in [-0.25, -0.2) is 0 Å². The summed E-state index contributed by atoms with van der Waals surface area (Å²) in [7, 11) is 0.